The maximum absolute atomic E-state index is 12.7. The van der Waals surface area contributed by atoms with Crippen molar-refractivity contribution >= 4 is 10.0 Å². The van der Waals surface area contributed by atoms with Gasteiger partial charge in [-0.2, -0.15) is 13.2 Å². The molecule has 146 valence electrons. The van der Waals surface area contributed by atoms with Crippen LogP contribution in [-0.4, -0.2) is 63.2 Å². The molecule has 0 radical (unpaired) electrons. The van der Waals surface area contributed by atoms with E-state index in [2.05, 4.69) is 4.90 Å². The van der Waals surface area contributed by atoms with Gasteiger partial charge in [0, 0.05) is 38.5 Å². The molecule has 9 heteroatoms. The van der Waals surface area contributed by atoms with Gasteiger partial charge in [-0.1, -0.05) is 17.7 Å². The van der Waals surface area contributed by atoms with Crippen LogP contribution in [0, 0.1) is 6.92 Å². The fourth-order valence-corrected chi connectivity index (χ4v) is 3.90. The number of alkyl halides is 3. The second-order valence-corrected chi connectivity index (χ2v) is 7.98. The highest BCUT2D eigenvalue weighted by Gasteiger charge is 2.26. The van der Waals surface area contributed by atoms with E-state index >= 15 is 0 Å². The minimum Gasteiger partial charge on any atom is -0.379 e. The first-order valence-electron chi connectivity index (χ1n) is 8.33. The van der Waals surface area contributed by atoms with E-state index in [9.17, 15) is 21.6 Å². The molecule has 1 aliphatic rings. The molecule has 26 heavy (non-hydrogen) atoms. The van der Waals surface area contributed by atoms with Crippen LogP contribution in [0.3, 0.4) is 0 Å². The van der Waals surface area contributed by atoms with Crippen molar-refractivity contribution in [1.82, 2.24) is 9.21 Å². The van der Waals surface area contributed by atoms with Gasteiger partial charge in [0.1, 0.15) is 0 Å². The Morgan fingerprint density at radius 3 is 2.38 bits per heavy atom. The number of hydrogen-bond acceptors (Lipinski definition) is 4. The summed E-state index contributed by atoms with van der Waals surface area (Å²) in [4.78, 5) is 2.08. The number of rotatable bonds is 7. The summed E-state index contributed by atoms with van der Waals surface area (Å²) in [6.07, 6.45) is -3.60. The maximum Gasteiger partial charge on any atom is 0.411 e. The molecule has 0 amide bonds. The van der Waals surface area contributed by atoms with Gasteiger partial charge in [-0.05, 0) is 25.5 Å². The van der Waals surface area contributed by atoms with Crippen molar-refractivity contribution in [3.8, 4) is 0 Å². The Labute approximate surface area is 152 Å². The zero-order chi connectivity index (χ0) is 19.2. The van der Waals surface area contributed by atoms with E-state index in [1.165, 1.54) is 12.1 Å². The second-order valence-electron chi connectivity index (χ2n) is 6.09. The third-order valence-corrected chi connectivity index (χ3v) is 5.80. The minimum absolute atomic E-state index is 0.0266. The Bertz CT molecular complexity index is 697. The zero-order valence-corrected chi connectivity index (χ0v) is 15.4. The van der Waals surface area contributed by atoms with Gasteiger partial charge in [0.25, 0.3) is 10.0 Å². The van der Waals surface area contributed by atoms with Crippen molar-refractivity contribution in [3.63, 3.8) is 0 Å². The summed E-state index contributed by atoms with van der Waals surface area (Å²) in [6.45, 7) is 5.08. The first kappa shape index (κ1) is 20.7. The number of morpholine rings is 1. The molecule has 0 N–H and O–H groups in total. The highest BCUT2D eigenvalue weighted by atomic mass is 32.2. The monoisotopic (exact) mass is 392 g/mol. The van der Waals surface area contributed by atoms with E-state index in [0.717, 1.165) is 23.0 Å². The van der Waals surface area contributed by atoms with Crippen LogP contribution in [0.2, 0.25) is 0 Å². The van der Waals surface area contributed by atoms with Gasteiger partial charge in [-0.3, -0.25) is 9.21 Å². The van der Waals surface area contributed by atoms with Gasteiger partial charge in [0.2, 0.25) is 0 Å². The van der Waals surface area contributed by atoms with Gasteiger partial charge in [-0.25, -0.2) is 8.42 Å². The molecule has 1 heterocycles. The van der Waals surface area contributed by atoms with Crippen LogP contribution in [0.25, 0.3) is 0 Å². The molecule has 1 saturated heterocycles. The summed E-state index contributed by atoms with van der Waals surface area (Å²) in [5.41, 5.74) is 0.869. The smallest absolute Gasteiger partial charge is 0.379 e. The highest BCUT2D eigenvalue weighted by Crippen LogP contribution is 2.21. The predicted octanol–water partition coefficient (Wildman–Crippen LogP) is 2.78. The third-order valence-electron chi connectivity index (χ3n) is 4.01. The average Bonchev–Trinajstić information content (AvgIpc) is 2.58. The van der Waals surface area contributed by atoms with Crippen molar-refractivity contribution in [2.24, 2.45) is 0 Å². The molecule has 5 nitrogen and oxygen atoms in total. The van der Waals surface area contributed by atoms with Crippen LogP contribution >= 0.6 is 0 Å². The fraction of sp³-hybridized carbons (Fsp3) is 0.529. The van der Waals surface area contributed by atoms with Gasteiger partial charge in [-0.15, -0.1) is 0 Å². The molecular formula is C17H23F3N2O3S. The normalized spacial score (nSPS) is 16.9. The lowest BCUT2D eigenvalue weighted by Gasteiger charge is -2.28. The van der Waals surface area contributed by atoms with Crippen molar-refractivity contribution in [2.75, 3.05) is 39.4 Å². The lowest BCUT2D eigenvalue weighted by molar-refractivity contribution is -0.0804. The third kappa shape index (κ3) is 6.30. The number of sulfonamides is 1. The Hall–Kier alpha value is -1.58. The highest BCUT2D eigenvalue weighted by molar-refractivity contribution is 7.89. The van der Waals surface area contributed by atoms with Crippen molar-refractivity contribution < 1.29 is 26.3 Å². The summed E-state index contributed by atoms with van der Waals surface area (Å²) in [5.74, 6) is 0. The summed E-state index contributed by atoms with van der Waals surface area (Å²) >= 11 is 0. The molecule has 0 atom stereocenters. The topological polar surface area (TPSA) is 49.9 Å². The molecule has 1 aromatic carbocycles. The number of benzene rings is 1. The number of aryl methyl sites for hydroxylation is 1. The van der Waals surface area contributed by atoms with Crippen LogP contribution in [0.4, 0.5) is 13.2 Å². The van der Waals surface area contributed by atoms with Crippen LogP contribution in [-0.2, 0) is 14.8 Å². The largest absolute Gasteiger partial charge is 0.411 e. The first-order chi connectivity index (χ1) is 12.2. The van der Waals surface area contributed by atoms with Gasteiger partial charge in [0.05, 0.1) is 18.1 Å². The standard InChI is InChI=1S/C17H23F3N2O3S/c1-15-3-5-16(6-4-15)26(23,24)22(10-7-17(18,19)20)9-2-8-21-11-13-25-14-12-21/h3-7,10H,2,8-9,11-14H2,1H3/b10-7+. The molecular weight excluding hydrogens is 369 g/mol. The van der Waals surface area contributed by atoms with Crippen molar-refractivity contribution in [1.29, 1.82) is 0 Å². The van der Waals surface area contributed by atoms with Crippen LogP contribution in [0.5, 0.6) is 0 Å². The molecule has 0 unspecified atom stereocenters. The molecule has 1 aromatic rings. The predicted molar refractivity (Wildman–Crippen MR) is 92.1 cm³/mol. The van der Waals surface area contributed by atoms with Crippen molar-refractivity contribution in [2.45, 2.75) is 24.4 Å². The number of halogens is 3. The van der Waals surface area contributed by atoms with Crippen molar-refractivity contribution in [3.05, 3.63) is 42.1 Å². The molecule has 0 spiro atoms. The number of ether oxygens (including phenoxy) is 1. The number of hydrogen-bond donors (Lipinski definition) is 0. The zero-order valence-electron chi connectivity index (χ0n) is 14.6. The van der Waals surface area contributed by atoms with E-state index < -0.39 is 16.2 Å². The minimum atomic E-state index is -4.58. The molecule has 2 rings (SSSR count). The van der Waals surface area contributed by atoms with Crippen LogP contribution < -0.4 is 0 Å². The first-order valence-corrected chi connectivity index (χ1v) is 9.77. The quantitative estimate of drug-likeness (QED) is 0.716. The average molecular weight is 392 g/mol. The summed E-state index contributed by atoms with van der Waals surface area (Å²) in [7, 11) is -4.04. The van der Waals surface area contributed by atoms with E-state index in [-0.39, 0.29) is 17.5 Å². The molecule has 0 aromatic heterocycles. The maximum atomic E-state index is 12.7. The Morgan fingerprint density at radius 1 is 1.19 bits per heavy atom. The molecule has 0 saturated carbocycles. The van der Waals surface area contributed by atoms with Crippen LogP contribution in [0.1, 0.15) is 12.0 Å². The van der Waals surface area contributed by atoms with E-state index in [0.29, 0.717) is 32.4 Å². The Morgan fingerprint density at radius 2 is 1.81 bits per heavy atom. The van der Waals surface area contributed by atoms with Gasteiger partial charge in [0.15, 0.2) is 0 Å². The molecule has 1 fully saturated rings. The summed E-state index contributed by atoms with van der Waals surface area (Å²) in [6, 6.07) is 6.04. The van der Waals surface area contributed by atoms with E-state index in [1.54, 1.807) is 19.1 Å². The van der Waals surface area contributed by atoms with Crippen LogP contribution in [0.15, 0.2) is 41.4 Å². The lowest BCUT2D eigenvalue weighted by atomic mass is 10.2. The number of nitrogens with zero attached hydrogens (tertiary/aromatic N) is 2. The number of allylic oxidation sites excluding steroid dienone is 1. The Balaban J connectivity index is 2.11. The van der Waals surface area contributed by atoms with Gasteiger partial charge >= 0.3 is 6.18 Å². The SMILES string of the molecule is Cc1ccc(S(=O)(=O)N(/C=C/C(F)(F)F)CCCN2CCOCC2)cc1. The molecule has 0 aliphatic carbocycles. The summed E-state index contributed by atoms with van der Waals surface area (Å²) in [5, 5.41) is 0. The summed E-state index contributed by atoms with van der Waals surface area (Å²) < 4.78 is 69.1. The lowest BCUT2D eigenvalue weighted by Crippen LogP contribution is -2.38. The fourth-order valence-electron chi connectivity index (χ4n) is 2.56. The Kier molecular flexibility index (Phi) is 7.08. The van der Waals surface area contributed by atoms with E-state index in [4.69, 9.17) is 4.74 Å². The molecule has 1 aliphatic heterocycles. The second kappa shape index (κ2) is 8.88. The van der Waals surface area contributed by atoms with E-state index in [1.807, 2.05) is 0 Å². The molecule has 0 bridgehead atoms. The van der Waals surface area contributed by atoms with Gasteiger partial charge < -0.3 is 4.74 Å².